The van der Waals surface area contributed by atoms with Gasteiger partial charge < -0.3 is 10.1 Å². The van der Waals surface area contributed by atoms with Gasteiger partial charge in [0.2, 0.25) is 0 Å². The molecule has 0 fully saturated rings. The maximum atomic E-state index is 13.4. The van der Waals surface area contributed by atoms with Gasteiger partial charge in [-0.1, -0.05) is 35.5 Å². The van der Waals surface area contributed by atoms with E-state index in [9.17, 15) is 14.0 Å². The van der Waals surface area contributed by atoms with E-state index >= 15 is 0 Å². The Balaban J connectivity index is 1.48. The standard InChI is InChI=1S/C20H18FN3O3S/c1-14-5-7-16(8-6-14)23-18(25)12-27-19(26)13-28-20-22-9-10-24(20)17-4-2-3-15(21)11-17/h2-11H,12-13H2,1H3,(H,23,25). The van der Waals surface area contributed by atoms with Gasteiger partial charge in [-0.15, -0.1) is 0 Å². The number of carbonyl (C=O) groups is 2. The van der Waals surface area contributed by atoms with Crippen LogP contribution in [0.1, 0.15) is 5.56 Å². The predicted octanol–water partition coefficient (Wildman–Crippen LogP) is 3.59. The summed E-state index contributed by atoms with van der Waals surface area (Å²) in [5.41, 5.74) is 2.32. The number of carbonyl (C=O) groups excluding carboxylic acids is 2. The van der Waals surface area contributed by atoms with Crippen LogP contribution in [0.15, 0.2) is 66.1 Å². The number of aromatic nitrogens is 2. The first-order valence-electron chi connectivity index (χ1n) is 8.45. The Morgan fingerprint density at radius 2 is 2.00 bits per heavy atom. The number of esters is 1. The molecule has 8 heteroatoms. The Kier molecular flexibility index (Phi) is 6.44. The minimum absolute atomic E-state index is 0.0237. The molecule has 1 heterocycles. The third-order valence-electron chi connectivity index (χ3n) is 3.71. The summed E-state index contributed by atoms with van der Waals surface area (Å²) in [6.45, 7) is 1.58. The summed E-state index contributed by atoms with van der Waals surface area (Å²) in [5, 5.41) is 3.18. The number of hydrogen-bond acceptors (Lipinski definition) is 5. The lowest BCUT2D eigenvalue weighted by Gasteiger charge is -2.08. The van der Waals surface area contributed by atoms with Gasteiger partial charge in [0.1, 0.15) is 5.82 Å². The highest BCUT2D eigenvalue weighted by molar-refractivity contribution is 7.99. The van der Waals surface area contributed by atoms with Gasteiger partial charge in [-0.05, 0) is 37.3 Å². The smallest absolute Gasteiger partial charge is 0.316 e. The zero-order chi connectivity index (χ0) is 19.9. The number of amides is 1. The number of hydrogen-bond donors (Lipinski definition) is 1. The molecular weight excluding hydrogens is 381 g/mol. The van der Waals surface area contributed by atoms with Crippen LogP contribution in [0.2, 0.25) is 0 Å². The summed E-state index contributed by atoms with van der Waals surface area (Å²) < 4.78 is 20.1. The second-order valence-corrected chi connectivity index (χ2v) is 6.87. The lowest BCUT2D eigenvalue weighted by atomic mass is 10.2. The highest BCUT2D eigenvalue weighted by Gasteiger charge is 2.12. The van der Waals surface area contributed by atoms with Crippen molar-refractivity contribution in [1.29, 1.82) is 0 Å². The van der Waals surface area contributed by atoms with E-state index in [2.05, 4.69) is 10.3 Å². The van der Waals surface area contributed by atoms with Gasteiger partial charge in [-0.2, -0.15) is 0 Å². The molecular formula is C20H18FN3O3S. The molecule has 0 atom stereocenters. The summed E-state index contributed by atoms with van der Waals surface area (Å²) in [4.78, 5) is 27.9. The van der Waals surface area contributed by atoms with Crippen LogP contribution in [0.3, 0.4) is 0 Å². The van der Waals surface area contributed by atoms with E-state index in [1.54, 1.807) is 41.2 Å². The van der Waals surface area contributed by atoms with Crippen molar-refractivity contribution < 1.29 is 18.7 Å². The fourth-order valence-electron chi connectivity index (χ4n) is 2.36. The van der Waals surface area contributed by atoms with E-state index in [0.29, 0.717) is 16.5 Å². The number of nitrogens with one attached hydrogen (secondary N) is 1. The summed E-state index contributed by atoms with van der Waals surface area (Å²) in [6, 6.07) is 13.4. The fraction of sp³-hybridized carbons (Fsp3) is 0.150. The predicted molar refractivity (Wildman–Crippen MR) is 105 cm³/mol. The molecule has 0 spiro atoms. The number of imidazole rings is 1. The molecule has 2 aromatic carbocycles. The third kappa shape index (κ3) is 5.43. The van der Waals surface area contributed by atoms with Gasteiger partial charge in [0, 0.05) is 18.1 Å². The number of rotatable bonds is 7. The highest BCUT2D eigenvalue weighted by atomic mass is 32.2. The number of thioether (sulfide) groups is 1. The maximum absolute atomic E-state index is 13.4. The van der Waals surface area contributed by atoms with Gasteiger partial charge >= 0.3 is 5.97 Å². The van der Waals surface area contributed by atoms with Gasteiger partial charge in [0.25, 0.3) is 5.91 Å². The van der Waals surface area contributed by atoms with Gasteiger partial charge in [-0.25, -0.2) is 9.37 Å². The van der Waals surface area contributed by atoms with Crippen LogP contribution in [0.5, 0.6) is 0 Å². The van der Waals surface area contributed by atoms with E-state index in [0.717, 1.165) is 17.3 Å². The zero-order valence-corrected chi connectivity index (χ0v) is 15.9. The molecule has 0 radical (unpaired) electrons. The number of aryl methyl sites for hydroxylation is 1. The molecule has 6 nitrogen and oxygen atoms in total. The molecule has 3 aromatic rings. The van der Waals surface area contributed by atoms with Crippen LogP contribution in [0.25, 0.3) is 5.69 Å². The molecule has 1 N–H and O–H groups in total. The number of ether oxygens (including phenoxy) is 1. The van der Waals surface area contributed by atoms with Crippen LogP contribution in [0.4, 0.5) is 10.1 Å². The third-order valence-corrected chi connectivity index (χ3v) is 4.65. The number of nitrogens with zero attached hydrogens (tertiary/aromatic N) is 2. The number of anilines is 1. The lowest BCUT2D eigenvalue weighted by Crippen LogP contribution is -2.21. The zero-order valence-electron chi connectivity index (χ0n) is 15.1. The van der Waals surface area contributed by atoms with Crippen molar-refractivity contribution in [3.63, 3.8) is 0 Å². The normalized spacial score (nSPS) is 10.5. The first-order chi connectivity index (χ1) is 13.5. The SMILES string of the molecule is Cc1ccc(NC(=O)COC(=O)CSc2nccn2-c2cccc(F)c2)cc1. The van der Waals surface area contributed by atoms with E-state index in [1.807, 2.05) is 19.1 Å². The van der Waals surface area contributed by atoms with Gasteiger partial charge in [0.15, 0.2) is 11.8 Å². The second-order valence-electron chi connectivity index (χ2n) is 5.92. The maximum Gasteiger partial charge on any atom is 0.316 e. The molecule has 1 amide bonds. The summed E-state index contributed by atoms with van der Waals surface area (Å²) >= 11 is 1.14. The quantitative estimate of drug-likeness (QED) is 0.486. The first-order valence-corrected chi connectivity index (χ1v) is 9.44. The monoisotopic (exact) mass is 399 g/mol. The van der Waals surface area contributed by atoms with Gasteiger partial charge in [-0.3, -0.25) is 14.2 Å². The van der Waals surface area contributed by atoms with Crippen molar-refractivity contribution in [2.45, 2.75) is 12.1 Å². The fourth-order valence-corrected chi connectivity index (χ4v) is 3.14. The average molecular weight is 399 g/mol. The molecule has 0 saturated heterocycles. The van der Waals surface area contributed by atoms with Crippen molar-refractivity contribution in [3.8, 4) is 5.69 Å². The molecule has 0 aliphatic carbocycles. The van der Waals surface area contributed by atoms with Crippen molar-refractivity contribution in [2.24, 2.45) is 0 Å². The largest absolute Gasteiger partial charge is 0.455 e. The van der Waals surface area contributed by atoms with Gasteiger partial charge in [0.05, 0.1) is 11.4 Å². The average Bonchev–Trinajstić information content (AvgIpc) is 3.15. The topological polar surface area (TPSA) is 73.2 Å². The molecule has 3 rings (SSSR count). The van der Waals surface area contributed by atoms with Crippen molar-refractivity contribution in [2.75, 3.05) is 17.7 Å². The summed E-state index contributed by atoms with van der Waals surface area (Å²) in [7, 11) is 0. The molecule has 0 saturated carbocycles. The van der Waals surface area contributed by atoms with E-state index in [1.165, 1.54) is 12.1 Å². The summed E-state index contributed by atoms with van der Waals surface area (Å²) in [5.74, 6) is -1.34. The van der Waals surface area contributed by atoms with E-state index in [-0.39, 0.29) is 18.2 Å². The lowest BCUT2D eigenvalue weighted by molar-refractivity contribution is -0.144. The second kappa shape index (κ2) is 9.18. The number of halogens is 1. The molecule has 144 valence electrons. The van der Waals surface area contributed by atoms with Crippen molar-refractivity contribution in [3.05, 3.63) is 72.3 Å². The van der Waals surface area contributed by atoms with Crippen molar-refractivity contribution in [1.82, 2.24) is 9.55 Å². The minimum Gasteiger partial charge on any atom is -0.455 e. The van der Waals surface area contributed by atoms with Crippen LogP contribution in [-0.2, 0) is 14.3 Å². The Hall–Kier alpha value is -3.13. The first kappa shape index (κ1) is 19.6. The Morgan fingerprint density at radius 1 is 1.21 bits per heavy atom. The Morgan fingerprint density at radius 3 is 2.75 bits per heavy atom. The molecule has 28 heavy (non-hydrogen) atoms. The Bertz CT molecular complexity index is 973. The van der Waals surface area contributed by atoms with Crippen LogP contribution < -0.4 is 5.32 Å². The van der Waals surface area contributed by atoms with Crippen LogP contribution in [0, 0.1) is 12.7 Å². The molecule has 0 aliphatic heterocycles. The molecule has 1 aromatic heterocycles. The summed E-state index contributed by atoms with van der Waals surface area (Å²) in [6.07, 6.45) is 3.24. The minimum atomic E-state index is -0.544. The van der Waals surface area contributed by atoms with E-state index in [4.69, 9.17) is 4.74 Å². The van der Waals surface area contributed by atoms with Crippen molar-refractivity contribution >= 4 is 29.3 Å². The number of benzene rings is 2. The molecule has 0 bridgehead atoms. The molecule has 0 aliphatic rings. The van der Waals surface area contributed by atoms with Crippen LogP contribution >= 0.6 is 11.8 Å². The Labute approximate surface area is 165 Å². The molecule has 0 unspecified atom stereocenters. The van der Waals surface area contributed by atoms with Crippen LogP contribution in [-0.4, -0.2) is 33.8 Å². The van der Waals surface area contributed by atoms with E-state index < -0.39 is 11.9 Å². The highest BCUT2D eigenvalue weighted by Crippen LogP contribution is 2.21.